The number of anilines is 1. The van der Waals surface area contributed by atoms with Crippen LogP contribution in [0.5, 0.6) is 5.75 Å². The number of ether oxygens (including phenoxy) is 1. The highest BCUT2D eigenvalue weighted by Crippen LogP contribution is 2.35. The summed E-state index contributed by atoms with van der Waals surface area (Å²) in [5, 5.41) is 21.2. The van der Waals surface area contributed by atoms with E-state index in [2.05, 4.69) is 22.4 Å². The number of aromatic carboxylic acids is 1. The Bertz CT molecular complexity index is 1560. The molecule has 194 valence electrons. The average molecular weight is 518 g/mol. The van der Waals surface area contributed by atoms with Crippen molar-refractivity contribution in [2.75, 3.05) is 18.1 Å². The van der Waals surface area contributed by atoms with Gasteiger partial charge in [0.05, 0.1) is 35.5 Å². The van der Waals surface area contributed by atoms with E-state index in [9.17, 15) is 14.7 Å². The minimum Gasteiger partial charge on any atom is -0.490 e. The van der Waals surface area contributed by atoms with Crippen molar-refractivity contribution >= 4 is 17.6 Å². The molecule has 7 nitrogen and oxygen atoms in total. The number of carbonyl (C=O) groups is 2. The quantitative estimate of drug-likeness (QED) is 0.321. The summed E-state index contributed by atoms with van der Waals surface area (Å²) in [5.74, 6) is -0.495. The number of hydrogen-bond acceptors (Lipinski definition) is 5. The second kappa shape index (κ2) is 11.1. The number of carboxylic acid groups (broad SMARTS) is 1. The fourth-order valence-electron chi connectivity index (χ4n) is 4.73. The third kappa shape index (κ3) is 5.60. The van der Waals surface area contributed by atoms with Crippen LogP contribution in [-0.2, 0) is 6.54 Å². The highest BCUT2D eigenvalue weighted by Gasteiger charge is 2.22. The zero-order chi connectivity index (χ0) is 27.4. The molecule has 0 saturated heterocycles. The molecule has 0 unspecified atom stereocenters. The van der Waals surface area contributed by atoms with Crippen LogP contribution in [0, 0.1) is 11.3 Å². The molecule has 2 N–H and O–H groups in total. The summed E-state index contributed by atoms with van der Waals surface area (Å²) in [6.45, 7) is 3.73. The Kier molecular flexibility index (Phi) is 7.28. The van der Waals surface area contributed by atoms with Crippen LogP contribution in [0.1, 0.15) is 50.4 Å². The van der Waals surface area contributed by atoms with E-state index in [-0.39, 0.29) is 17.5 Å². The zero-order valence-corrected chi connectivity index (χ0v) is 21.4. The number of carboxylic acids is 1. The Labute approximate surface area is 226 Å². The SMILES string of the molecule is C[C@H](NC(=O)c1ccc2c(c1)OCCN2Cc1ccccc1-c1ccc(C(=O)O)cc1)c1ccc(C#N)cc1. The van der Waals surface area contributed by atoms with E-state index in [1.807, 2.05) is 55.5 Å². The highest BCUT2D eigenvalue weighted by atomic mass is 16.5. The molecule has 4 aromatic carbocycles. The van der Waals surface area contributed by atoms with E-state index in [1.54, 1.807) is 36.4 Å². The van der Waals surface area contributed by atoms with Crippen molar-refractivity contribution in [2.45, 2.75) is 19.5 Å². The van der Waals surface area contributed by atoms with Gasteiger partial charge in [0.2, 0.25) is 0 Å². The predicted molar refractivity (Wildman–Crippen MR) is 149 cm³/mol. The summed E-state index contributed by atoms with van der Waals surface area (Å²) >= 11 is 0. The molecule has 0 aromatic heterocycles. The van der Waals surface area contributed by atoms with Gasteiger partial charge in [-0.05, 0) is 71.6 Å². The fraction of sp³-hybridized carbons (Fsp3) is 0.156. The third-order valence-electron chi connectivity index (χ3n) is 6.89. The smallest absolute Gasteiger partial charge is 0.335 e. The van der Waals surface area contributed by atoms with Gasteiger partial charge < -0.3 is 20.1 Å². The largest absolute Gasteiger partial charge is 0.490 e. The fourth-order valence-corrected chi connectivity index (χ4v) is 4.73. The number of hydrogen-bond donors (Lipinski definition) is 2. The van der Waals surface area contributed by atoms with Crippen LogP contribution in [0.2, 0.25) is 0 Å². The number of carbonyl (C=O) groups excluding carboxylic acids is 1. The Morgan fingerprint density at radius 3 is 2.44 bits per heavy atom. The second-order valence-corrected chi connectivity index (χ2v) is 9.42. The van der Waals surface area contributed by atoms with Crippen LogP contribution in [0.15, 0.2) is 91.0 Å². The summed E-state index contributed by atoms with van der Waals surface area (Å²) in [7, 11) is 0. The van der Waals surface area contributed by atoms with Crippen molar-refractivity contribution in [3.8, 4) is 22.9 Å². The number of amides is 1. The molecule has 4 aromatic rings. The molecular formula is C32H27N3O4. The van der Waals surface area contributed by atoms with Crippen LogP contribution in [-0.4, -0.2) is 30.1 Å². The summed E-state index contributed by atoms with van der Waals surface area (Å²) in [4.78, 5) is 26.5. The van der Waals surface area contributed by atoms with E-state index in [0.717, 1.165) is 27.9 Å². The lowest BCUT2D eigenvalue weighted by atomic mass is 9.98. The van der Waals surface area contributed by atoms with E-state index >= 15 is 0 Å². The van der Waals surface area contributed by atoms with E-state index in [4.69, 9.17) is 10.00 Å². The maximum Gasteiger partial charge on any atom is 0.335 e. The highest BCUT2D eigenvalue weighted by molar-refractivity contribution is 5.95. The average Bonchev–Trinajstić information content (AvgIpc) is 2.97. The summed E-state index contributed by atoms with van der Waals surface area (Å²) < 4.78 is 5.94. The molecule has 5 rings (SSSR count). The number of fused-ring (bicyclic) bond motifs is 1. The van der Waals surface area contributed by atoms with Gasteiger partial charge in [-0.25, -0.2) is 4.79 Å². The lowest BCUT2D eigenvalue weighted by Crippen LogP contribution is -2.33. The molecule has 1 heterocycles. The third-order valence-corrected chi connectivity index (χ3v) is 6.89. The van der Waals surface area contributed by atoms with Crippen molar-refractivity contribution in [3.05, 3.63) is 119 Å². The molecule has 0 bridgehead atoms. The van der Waals surface area contributed by atoms with Gasteiger partial charge in [-0.3, -0.25) is 4.79 Å². The van der Waals surface area contributed by atoms with E-state index in [0.29, 0.717) is 36.6 Å². The molecule has 1 atom stereocenters. The number of nitriles is 1. The van der Waals surface area contributed by atoms with Gasteiger partial charge in [0, 0.05) is 12.1 Å². The first-order chi connectivity index (χ1) is 18.9. The zero-order valence-electron chi connectivity index (χ0n) is 21.4. The molecule has 0 saturated carbocycles. The minimum atomic E-state index is -0.948. The molecule has 1 amide bonds. The molecule has 0 aliphatic carbocycles. The van der Waals surface area contributed by atoms with Crippen molar-refractivity contribution in [1.29, 1.82) is 5.26 Å². The lowest BCUT2D eigenvalue weighted by molar-refractivity contribution is 0.0696. The van der Waals surface area contributed by atoms with Crippen molar-refractivity contribution in [1.82, 2.24) is 5.32 Å². The van der Waals surface area contributed by atoms with E-state index < -0.39 is 5.97 Å². The van der Waals surface area contributed by atoms with Crippen molar-refractivity contribution < 1.29 is 19.4 Å². The summed E-state index contributed by atoms with van der Waals surface area (Å²) in [6.07, 6.45) is 0. The Morgan fingerprint density at radius 1 is 1.00 bits per heavy atom. The lowest BCUT2D eigenvalue weighted by Gasteiger charge is -2.32. The molecule has 39 heavy (non-hydrogen) atoms. The standard InChI is InChI=1S/C32H27N3O4/c1-21(23-8-6-22(19-33)7-9-23)34-31(36)26-14-15-29-30(18-26)39-17-16-35(29)20-27-4-2-3-5-28(27)24-10-12-25(13-11-24)32(37)38/h2-15,18,21H,16-17,20H2,1H3,(H,34,36)(H,37,38)/t21-/m0/s1. The predicted octanol–water partition coefficient (Wildman–Crippen LogP) is 5.81. The molecule has 0 fully saturated rings. The maximum atomic E-state index is 13.0. The topological polar surface area (TPSA) is 103 Å². The minimum absolute atomic E-state index is 0.203. The van der Waals surface area contributed by atoms with Crippen molar-refractivity contribution in [3.63, 3.8) is 0 Å². The molecule has 7 heteroatoms. The number of rotatable bonds is 7. The van der Waals surface area contributed by atoms with Crippen molar-refractivity contribution in [2.24, 2.45) is 0 Å². The maximum absolute atomic E-state index is 13.0. The summed E-state index contributed by atoms with van der Waals surface area (Å²) in [5.41, 5.74) is 6.26. The Hall–Kier alpha value is -5.09. The van der Waals surface area contributed by atoms with Gasteiger partial charge in [-0.2, -0.15) is 5.26 Å². The van der Waals surface area contributed by atoms with Gasteiger partial charge in [0.1, 0.15) is 12.4 Å². The number of nitrogens with zero attached hydrogens (tertiary/aromatic N) is 2. The molecular weight excluding hydrogens is 490 g/mol. The van der Waals surface area contributed by atoms with Gasteiger partial charge in [-0.1, -0.05) is 48.5 Å². The van der Waals surface area contributed by atoms with E-state index in [1.165, 1.54) is 0 Å². The Morgan fingerprint density at radius 2 is 1.72 bits per heavy atom. The number of nitrogens with one attached hydrogen (secondary N) is 1. The van der Waals surface area contributed by atoms with Gasteiger partial charge >= 0.3 is 5.97 Å². The molecule has 0 radical (unpaired) electrons. The molecule has 1 aliphatic heterocycles. The van der Waals surface area contributed by atoms with Gasteiger partial charge in [-0.15, -0.1) is 0 Å². The first kappa shape index (κ1) is 25.6. The van der Waals surface area contributed by atoms with Crippen LogP contribution in [0.25, 0.3) is 11.1 Å². The molecule has 0 spiro atoms. The first-order valence-electron chi connectivity index (χ1n) is 12.7. The summed E-state index contributed by atoms with van der Waals surface area (Å²) in [6, 6.07) is 29.5. The number of benzene rings is 4. The monoisotopic (exact) mass is 517 g/mol. The van der Waals surface area contributed by atoms with Crippen LogP contribution in [0.4, 0.5) is 5.69 Å². The first-order valence-corrected chi connectivity index (χ1v) is 12.7. The van der Waals surface area contributed by atoms with Gasteiger partial charge in [0.25, 0.3) is 5.91 Å². The second-order valence-electron chi connectivity index (χ2n) is 9.42. The van der Waals surface area contributed by atoms with Crippen LogP contribution in [0.3, 0.4) is 0 Å². The van der Waals surface area contributed by atoms with Crippen LogP contribution < -0.4 is 15.0 Å². The van der Waals surface area contributed by atoms with Gasteiger partial charge in [0.15, 0.2) is 0 Å². The molecule has 1 aliphatic rings. The Balaban J connectivity index is 1.33. The van der Waals surface area contributed by atoms with Crippen LogP contribution >= 0.6 is 0 Å². The normalized spacial score (nSPS) is 13.0.